The number of rotatable bonds is 2. The summed E-state index contributed by atoms with van der Waals surface area (Å²) in [4.78, 5) is 3.87. The lowest BCUT2D eigenvalue weighted by Crippen LogP contribution is -2.23. The van der Waals surface area contributed by atoms with Gasteiger partial charge in [-0.2, -0.15) is 0 Å². The number of nitrogens with zero attached hydrogens (tertiary/aromatic N) is 1. The normalized spacial score (nSPS) is 22.1. The molecular weight excluding hydrogens is 327 g/mol. The fourth-order valence-corrected chi connectivity index (χ4v) is 1.69. The summed E-state index contributed by atoms with van der Waals surface area (Å²) in [6.45, 7) is 0. The van der Waals surface area contributed by atoms with Crippen LogP contribution in [0, 0.1) is 11.6 Å². The van der Waals surface area contributed by atoms with Crippen LogP contribution in [0.5, 0.6) is 0 Å². The van der Waals surface area contributed by atoms with Gasteiger partial charge >= 0.3 is 0 Å². The van der Waals surface area contributed by atoms with Crippen LogP contribution in [-0.4, -0.2) is 12.0 Å². The monoisotopic (exact) mass is 339 g/mol. The molecular formula is C10H12F2IN3. The van der Waals surface area contributed by atoms with Crippen LogP contribution < -0.4 is 11.5 Å². The van der Waals surface area contributed by atoms with Crippen LogP contribution >= 0.6 is 24.0 Å². The summed E-state index contributed by atoms with van der Waals surface area (Å²) in [6.07, 6.45) is 0.593. The third kappa shape index (κ3) is 2.60. The predicted molar refractivity (Wildman–Crippen MR) is 68.7 cm³/mol. The molecule has 4 N–H and O–H groups in total. The van der Waals surface area contributed by atoms with Crippen LogP contribution in [0.25, 0.3) is 0 Å². The standard InChI is InChI=1S/C10H11F2N3.HI/c11-6-2-1-3-7(12)9(6)5-4-8(5)15-10(13)14;/h1-3,5,8H,4H2,(H4,13,14,15);1H. The summed E-state index contributed by atoms with van der Waals surface area (Å²) in [7, 11) is 0. The topological polar surface area (TPSA) is 64.4 Å². The molecule has 6 heteroatoms. The summed E-state index contributed by atoms with van der Waals surface area (Å²) in [5, 5.41) is 0. The van der Waals surface area contributed by atoms with E-state index in [0.29, 0.717) is 6.42 Å². The number of halogens is 3. The fraction of sp³-hybridized carbons (Fsp3) is 0.300. The van der Waals surface area contributed by atoms with E-state index in [1.54, 1.807) is 0 Å². The molecule has 3 nitrogen and oxygen atoms in total. The number of guanidine groups is 1. The van der Waals surface area contributed by atoms with E-state index in [2.05, 4.69) is 4.99 Å². The molecule has 1 aliphatic carbocycles. The maximum Gasteiger partial charge on any atom is 0.186 e. The molecule has 1 aliphatic rings. The highest BCUT2D eigenvalue weighted by Crippen LogP contribution is 2.45. The van der Waals surface area contributed by atoms with E-state index in [1.807, 2.05) is 0 Å². The van der Waals surface area contributed by atoms with Crippen molar-refractivity contribution in [2.75, 3.05) is 0 Å². The van der Waals surface area contributed by atoms with Crippen molar-refractivity contribution in [2.45, 2.75) is 18.4 Å². The van der Waals surface area contributed by atoms with Gasteiger partial charge in [0.05, 0.1) is 6.04 Å². The van der Waals surface area contributed by atoms with Crippen molar-refractivity contribution in [3.8, 4) is 0 Å². The second-order valence-corrected chi connectivity index (χ2v) is 3.60. The van der Waals surface area contributed by atoms with Crippen molar-refractivity contribution in [3.05, 3.63) is 35.4 Å². The highest BCUT2D eigenvalue weighted by molar-refractivity contribution is 14.0. The van der Waals surface area contributed by atoms with Gasteiger partial charge in [-0.3, -0.25) is 0 Å². The molecule has 0 bridgehead atoms. The number of aliphatic imine (C=N–C) groups is 1. The SMILES string of the molecule is I.NC(N)=NC1CC1c1c(F)cccc1F. The molecule has 0 saturated heterocycles. The molecule has 1 aromatic carbocycles. The molecule has 0 heterocycles. The molecule has 0 amide bonds. The summed E-state index contributed by atoms with van der Waals surface area (Å²) < 4.78 is 26.6. The molecule has 1 aromatic rings. The first kappa shape index (κ1) is 13.1. The van der Waals surface area contributed by atoms with Crippen LogP contribution in [0.3, 0.4) is 0 Å². The smallest absolute Gasteiger partial charge is 0.186 e. The third-order valence-electron chi connectivity index (χ3n) is 2.44. The Morgan fingerprint density at radius 3 is 2.31 bits per heavy atom. The Balaban J connectivity index is 0.00000128. The van der Waals surface area contributed by atoms with Crippen LogP contribution in [0.2, 0.25) is 0 Å². The zero-order valence-corrected chi connectivity index (χ0v) is 10.7. The molecule has 2 rings (SSSR count). The molecule has 1 fully saturated rings. The Morgan fingerprint density at radius 2 is 1.81 bits per heavy atom. The highest BCUT2D eigenvalue weighted by Gasteiger charge is 2.41. The van der Waals surface area contributed by atoms with Crippen LogP contribution in [-0.2, 0) is 0 Å². The summed E-state index contributed by atoms with van der Waals surface area (Å²) in [5.41, 5.74) is 10.5. The predicted octanol–water partition coefficient (Wildman–Crippen LogP) is 1.71. The zero-order chi connectivity index (χ0) is 11.0. The average molecular weight is 339 g/mol. The van der Waals surface area contributed by atoms with E-state index in [0.717, 1.165) is 0 Å². The van der Waals surface area contributed by atoms with Crippen molar-refractivity contribution in [2.24, 2.45) is 16.5 Å². The minimum Gasteiger partial charge on any atom is -0.370 e. The van der Waals surface area contributed by atoms with E-state index in [4.69, 9.17) is 11.5 Å². The van der Waals surface area contributed by atoms with Crippen molar-refractivity contribution < 1.29 is 8.78 Å². The van der Waals surface area contributed by atoms with Gasteiger partial charge in [-0.25, -0.2) is 13.8 Å². The molecule has 0 radical (unpaired) electrons. The van der Waals surface area contributed by atoms with Crippen molar-refractivity contribution in [3.63, 3.8) is 0 Å². The summed E-state index contributed by atoms with van der Waals surface area (Å²) in [6, 6.07) is 3.64. The molecule has 2 unspecified atom stereocenters. The molecule has 16 heavy (non-hydrogen) atoms. The molecule has 2 atom stereocenters. The van der Waals surface area contributed by atoms with Gasteiger partial charge in [0.25, 0.3) is 0 Å². The van der Waals surface area contributed by atoms with Gasteiger partial charge in [-0.1, -0.05) is 6.07 Å². The highest BCUT2D eigenvalue weighted by atomic mass is 127. The summed E-state index contributed by atoms with van der Waals surface area (Å²) >= 11 is 0. The van der Waals surface area contributed by atoms with Crippen molar-refractivity contribution in [1.82, 2.24) is 0 Å². The lowest BCUT2D eigenvalue weighted by Gasteiger charge is -2.02. The van der Waals surface area contributed by atoms with Gasteiger partial charge in [0.2, 0.25) is 0 Å². The minimum absolute atomic E-state index is 0. The van der Waals surface area contributed by atoms with Gasteiger partial charge in [-0.15, -0.1) is 24.0 Å². The third-order valence-corrected chi connectivity index (χ3v) is 2.44. The van der Waals surface area contributed by atoms with Gasteiger partial charge in [0.1, 0.15) is 11.6 Å². The van der Waals surface area contributed by atoms with Crippen LogP contribution in [0.15, 0.2) is 23.2 Å². The average Bonchev–Trinajstić information content (AvgIpc) is 2.82. The number of hydrogen-bond acceptors (Lipinski definition) is 1. The number of benzene rings is 1. The Bertz CT molecular complexity index is 398. The van der Waals surface area contributed by atoms with E-state index in [9.17, 15) is 8.78 Å². The van der Waals surface area contributed by atoms with Crippen LogP contribution in [0.4, 0.5) is 8.78 Å². The van der Waals surface area contributed by atoms with Gasteiger partial charge in [0, 0.05) is 11.5 Å². The lowest BCUT2D eigenvalue weighted by atomic mass is 10.1. The van der Waals surface area contributed by atoms with Crippen LogP contribution in [0.1, 0.15) is 17.9 Å². The molecule has 0 aliphatic heterocycles. The Hall–Kier alpha value is -0.920. The van der Waals surface area contributed by atoms with E-state index >= 15 is 0 Å². The van der Waals surface area contributed by atoms with Gasteiger partial charge in [0.15, 0.2) is 5.96 Å². The Morgan fingerprint density at radius 1 is 1.25 bits per heavy atom. The maximum atomic E-state index is 13.3. The molecule has 0 spiro atoms. The molecule has 0 aromatic heterocycles. The lowest BCUT2D eigenvalue weighted by molar-refractivity contribution is 0.555. The second kappa shape index (κ2) is 4.94. The largest absolute Gasteiger partial charge is 0.370 e. The first-order valence-corrected chi connectivity index (χ1v) is 4.62. The van der Waals surface area contributed by atoms with E-state index in [-0.39, 0.29) is 47.5 Å². The van der Waals surface area contributed by atoms with E-state index < -0.39 is 11.6 Å². The summed E-state index contributed by atoms with van der Waals surface area (Å²) in [5.74, 6) is -1.34. The second-order valence-electron chi connectivity index (χ2n) is 3.60. The quantitative estimate of drug-likeness (QED) is 0.490. The molecule has 1 saturated carbocycles. The Kier molecular flexibility index (Phi) is 4.06. The number of nitrogens with two attached hydrogens (primary N) is 2. The minimum atomic E-state index is -0.534. The molecule has 88 valence electrons. The first-order chi connectivity index (χ1) is 7.09. The Labute approximate surface area is 109 Å². The van der Waals surface area contributed by atoms with Crippen molar-refractivity contribution >= 4 is 29.9 Å². The van der Waals surface area contributed by atoms with E-state index in [1.165, 1.54) is 18.2 Å². The fourth-order valence-electron chi connectivity index (χ4n) is 1.69. The van der Waals surface area contributed by atoms with Gasteiger partial charge < -0.3 is 11.5 Å². The van der Waals surface area contributed by atoms with Gasteiger partial charge in [-0.05, 0) is 18.6 Å². The van der Waals surface area contributed by atoms with Crippen molar-refractivity contribution in [1.29, 1.82) is 0 Å². The first-order valence-electron chi connectivity index (χ1n) is 4.62. The maximum absolute atomic E-state index is 13.3. The number of hydrogen-bond donors (Lipinski definition) is 2. The zero-order valence-electron chi connectivity index (χ0n) is 8.36.